The van der Waals surface area contributed by atoms with E-state index in [1.165, 1.54) is 0 Å². The first-order valence-electron chi connectivity index (χ1n) is 14.0. The van der Waals surface area contributed by atoms with Crippen LogP contribution in [0.2, 0.25) is 0 Å². The number of hydrazine groups is 1. The number of nitrogens with one attached hydrogen (secondary N) is 3. The highest BCUT2D eigenvalue weighted by Crippen LogP contribution is 2.25. The summed E-state index contributed by atoms with van der Waals surface area (Å²) in [5, 5.41) is 14.4. The van der Waals surface area contributed by atoms with Crippen molar-refractivity contribution in [2.24, 2.45) is 5.84 Å². The molecule has 1 aliphatic heterocycles. The molecular formula is C26H50N7O7+. The minimum Gasteiger partial charge on any atom is -0.480 e. The van der Waals surface area contributed by atoms with Crippen LogP contribution in [0.4, 0.5) is 0 Å². The number of ether oxygens (including phenoxy) is 1. The van der Waals surface area contributed by atoms with Crippen LogP contribution < -0.4 is 21.9 Å². The van der Waals surface area contributed by atoms with Gasteiger partial charge in [-0.15, -0.1) is 0 Å². The predicted octanol–water partition coefficient (Wildman–Crippen LogP) is -2.05. The lowest BCUT2D eigenvalue weighted by Gasteiger charge is -2.37. The number of likely N-dealkylation sites (N-methyl/N-ethyl adjacent to an activating group) is 3. The molecule has 0 saturated carbocycles. The lowest BCUT2D eigenvalue weighted by molar-refractivity contribution is -0.916. The number of likely N-dealkylation sites (tertiary alicyclic amines) is 1. The third-order valence-electron chi connectivity index (χ3n) is 7.37. The number of hydrogen-bond donors (Lipinski definition) is 5. The molecule has 1 rings (SSSR count). The van der Waals surface area contributed by atoms with Crippen LogP contribution in [0.3, 0.4) is 0 Å². The van der Waals surface area contributed by atoms with Gasteiger partial charge in [-0.2, -0.15) is 0 Å². The van der Waals surface area contributed by atoms with E-state index in [1.54, 1.807) is 0 Å². The highest BCUT2D eigenvalue weighted by atomic mass is 16.5. The van der Waals surface area contributed by atoms with Gasteiger partial charge in [-0.1, -0.05) is 13.8 Å². The molecule has 0 bridgehead atoms. The molecule has 40 heavy (non-hydrogen) atoms. The second kappa shape index (κ2) is 18.8. The van der Waals surface area contributed by atoms with Gasteiger partial charge in [0.15, 0.2) is 11.6 Å². The molecule has 1 fully saturated rings. The van der Waals surface area contributed by atoms with E-state index in [-0.39, 0.29) is 68.6 Å². The van der Waals surface area contributed by atoms with Crippen molar-refractivity contribution in [1.29, 1.82) is 0 Å². The summed E-state index contributed by atoms with van der Waals surface area (Å²) in [5.41, 5.74) is 2.14. The van der Waals surface area contributed by atoms with Crippen molar-refractivity contribution in [3.05, 3.63) is 0 Å². The molecule has 0 aromatic carbocycles. The summed E-state index contributed by atoms with van der Waals surface area (Å²) in [6.45, 7) is 8.94. The molecule has 1 heterocycles. The van der Waals surface area contributed by atoms with E-state index in [9.17, 15) is 24.0 Å². The zero-order chi connectivity index (χ0) is 30.1. The van der Waals surface area contributed by atoms with Crippen LogP contribution in [0.1, 0.15) is 39.5 Å². The summed E-state index contributed by atoms with van der Waals surface area (Å²) in [5.74, 6) is 3.92. The van der Waals surface area contributed by atoms with Crippen molar-refractivity contribution in [3.63, 3.8) is 0 Å². The van der Waals surface area contributed by atoms with Gasteiger partial charge in [0.05, 0.1) is 52.7 Å². The number of carbonyl (C=O) groups is 5. The summed E-state index contributed by atoms with van der Waals surface area (Å²) < 4.78 is 5.95. The number of Topliss-reactive ketones (excluding diaryl/α,β-unsaturated/α-hetero) is 2. The van der Waals surface area contributed by atoms with Gasteiger partial charge in [-0.25, -0.2) is 5.43 Å². The van der Waals surface area contributed by atoms with E-state index >= 15 is 0 Å². The fourth-order valence-corrected chi connectivity index (χ4v) is 4.62. The minimum absolute atomic E-state index is 0.0226. The van der Waals surface area contributed by atoms with Crippen LogP contribution in [0.25, 0.3) is 0 Å². The number of nitrogens with two attached hydrogens (primary N) is 1. The summed E-state index contributed by atoms with van der Waals surface area (Å²) >= 11 is 0. The smallest absolute Gasteiger partial charge is 0.322 e. The maximum atomic E-state index is 12.5. The van der Waals surface area contributed by atoms with Gasteiger partial charge in [0.25, 0.3) is 0 Å². The van der Waals surface area contributed by atoms with Crippen molar-refractivity contribution < 1.29 is 38.3 Å². The van der Waals surface area contributed by atoms with Crippen molar-refractivity contribution in [1.82, 2.24) is 25.9 Å². The Morgan fingerprint density at radius 2 is 1.75 bits per heavy atom. The van der Waals surface area contributed by atoms with E-state index in [2.05, 4.69) is 16.1 Å². The fraction of sp³-hybridized carbons (Fsp3) is 0.808. The Hall–Kier alpha value is -2.49. The number of carbonyl (C=O) groups excluding carboxylic acids is 4. The topological polar surface area (TPSA) is 183 Å². The minimum atomic E-state index is -1.12. The molecule has 3 atom stereocenters. The molecule has 0 aromatic heterocycles. The molecule has 6 N–H and O–H groups in total. The molecule has 0 aliphatic carbocycles. The van der Waals surface area contributed by atoms with Crippen LogP contribution in [0, 0.1) is 0 Å². The molecule has 0 aromatic rings. The molecule has 14 heteroatoms. The Balaban J connectivity index is 2.29. The first-order valence-corrected chi connectivity index (χ1v) is 14.0. The number of carboxylic acid groups (broad SMARTS) is 1. The van der Waals surface area contributed by atoms with Gasteiger partial charge in [0.1, 0.15) is 18.6 Å². The average molecular weight is 573 g/mol. The van der Waals surface area contributed by atoms with Crippen LogP contribution in [0.15, 0.2) is 0 Å². The first kappa shape index (κ1) is 35.5. The summed E-state index contributed by atoms with van der Waals surface area (Å²) in [7, 11) is 3.94. The van der Waals surface area contributed by atoms with Crippen molar-refractivity contribution in [2.45, 2.75) is 51.6 Å². The van der Waals surface area contributed by atoms with E-state index in [0.29, 0.717) is 56.6 Å². The van der Waals surface area contributed by atoms with Gasteiger partial charge < -0.3 is 25.0 Å². The standard InChI is InChI=1S/C26H49N7O7/c1-5-31(3)17-21(34)15-20-16-22(35)19-33(20,4)12-11-32(6-2)18-25(37)29-10-14-40-13-9-28-24(36)8-7-23(30-27)26(38)39/h20,23,30H,5-19,27H2,1-4H3,(H2-,28,29,36,37,38,39)/p+1/t20-,23?,33?/m0/s1. The van der Waals surface area contributed by atoms with Crippen LogP contribution in [-0.2, 0) is 28.7 Å². The van der Waals surface area contributed by atoms with E-state index in [4.69, 9.17) is 15.7 Å². The number of nitrogens with zero attached hydrogens (tertiary/aromatic N) is 3. The lowest BCUT2D eigenvalue weighted by atomic mass is 10.1. The molecule has 1 aliphatic rings. The number of quaternary nitrogens is 1. The molecular weight excluding hydrogens is 522 g/mol. The summed E-state index contributed by atoms with van der Waals surface area (Å²) in [6.07, 6.45) is 0.910. The highest BCUT2D eigenvalue weighted by molar-refractivity contribution is 5.85. The predicted molar refractivity (Wildman–Crippen MR) is 149 cm³/mol. The molecule has 0 spiro atoms. The summed E-state index contributed by atoms with van der Waals surface area (Å²) in [4.78, 5) is 63.8. The van der Waals surface area contributed by atoms with Crippen LogP contribution in [0.5, 0.6) is 0 Å². The van der Waals surface area contributed by atoms with Crippen molar-refractivity contribution in [2.75, 3.05) is 86.2 Å². The highest BCUT2D eigenvalue weighted by Gasteiger charge is 2.43. The van der Waals surface area contributed by atoms with Crippen LogP contribution in [-0.4, -0.2) is 147 Å². The number of rotatable bonds is 22. The lowest BCUT2D eigenvalue weighted by Crippen LogP contribution is -2.53. The van der Waals surface area contributed by atoms with Gasteiger partial charge in [0, 0.05) is 26.1 Å². The average Bonchev–Trinajstić information content (AvgIpc) is 3.18. The van der Waals surface area contributed by atoms with Crippen LogP contribution >= 0.6 is 0 Å². The first-order chi connectivity index (χ1) is 18.9. The number of ketones is 2. The second-order valence-electron chi connectivity index (χ2n) is 10.6. The Morgan fingerprint density at radius 3 is 2.33 bits per heavy atom. The number of carboxylic acids is 1. The number of amides is 2. The monoisotopic (exact) mass is 572 g/mol. The zero-order valence-electron chi connectivity index (χ0n) is 24.6. The van der Waals surface area contributed by atoms with E-state index in [0.717, 1.165) is 6.54 Å². The molecule has 0 radical (unpaired) electrons. The van der Waals surface area contributed by atoms with Gasteiger partial charge in [-0.3, -0.25) is 39.6 Å². The Kier molecular flexibility index (Phi) is 16.7. The third-order valence-corrected chi connectivity index (χ3v) is 7.37. The molecule has 2 amide bonds. The van der Waals surface area contributed by atoms with Crippen molar-refractivity contribution in [3.8, 4) is 0 Å². The zero-order valence-corrected chi connectivity index (χ0v) is 24.6. The van der Waals surface area contributed by atoms with Gasteiger partial charge in [0.2, 0.25) is 11.8 Å². The number of aliphatic carboxylic acids is 1. The maximum absolute atomic E-state index is 12.5. The Morgan fingerprint density at radius 1 is 1.10 bits per heavy atom. The van der Waals surface area contributed by atoms with E-state index in [1.807, 2.05) is 37.7 Å². The summed E-state index contributed by atoms with van der Waals surface area (Å²) in [6, 6.07) is -1.00. The van der Waals surface area contributed by atoms with Gasteiger partial charge in [-0.05, 0) is 26.6 Å². The van der Waals surface area contributed by atoms with Crippen molar-refractivity contribution >= 4 is 29.4 Å². The Bertz CT molecular complexity index is 844. The second-order valence-corrected chi connectivity index (χ2v) is 10.6. The quantitative estimate of drug-likeness (QED) is 0.0417. The Labute approximate surface area is 237 Å². The normalized spacial score (nSPS) is 19.7. The van der Waals surface area contributed by atoms with Gasteiger partial charge >= 0.3 is 5.97 Å². The molecule has 230 valence electrons. The fourth-order valence-electron chi connectivity index (χ4n) is 4.62. The number of hydrogen-bond acceptors (Lipinski definition) is 10. The van der Waals surface area contributed by atoms with E-state index < -0.39 is 12.0 Å². The molecule has 1 saturated heterocycles. The molecule has 14 nitrogen and oxygen atoms in total. The maximum Gasteiger partial charge on any atom is 0.322 e. The SMILES string of the molecule is CCN(C)CC(=O)C[C@H]1CC(=O)C[N+]1(C)CCN(CC)CC(=O)NCCOCCNC(=O)CCC(NN)C(=O)O. The third kappa shape index (κ3) is 13.7. The molecule has 2 unspecified atom stereocenters. The largest absolute Gasteiger partial charge is 0.480 e.